The van der Waals surface area contributed by atoms with Crippen LogP contribution in [0.25, 0.3) is 0 Å². The number of hydrogen-bond donors (Lipinski definition) is 1. The smallest absolute Gasteiger partial charge is 0.311 e. The summed E-state index contributed by atoms with van der Waals surface area (Å²) in [5.74, 6) is -1.60. The van der Waals surface area contributed by atoms with E-state index in [0.717, 1.165) is 18.2 Å². The van der Waals surface area contributed by atoms with Crippen molar-refractivity contribution in [3.05, 3.63) is 35.9 Å². The van der Waals surface area contributed by atoms with Gasteiger partial charge in [0.25, 0.3) is 0 Å². The fourth-order valence-electron chi connectivity index (χ4n) is 1.20. The molecule has 0 amide bonds. The van der Waals surface area contributed by atoms with Crippen LogP contribution in [0, 0.1) is 0 Å². The molecule has 1 rings (SSSR count). The molecule has 0 saturated carbocycles. The first-order valence-corrected chi connectivity index (χ1v) is 4.97. The lowest BCUT2D eigenvalue weighted by Crippen LogP contribution is -2.07. The molecule has 0 saturated heterocycles. The molecule has 0 unspecified atom stereocenters. The van der Waals surface area contributed by atoms with Crippen LogP contribution in [0.3, 0.4) is 0 Å². The van der Waals surface area contributed by atoms with Crippen LogP contribution >= 0.6 is 0 Å². The lowest BCUT2D eigenvalue weighted by atomic mass is 10.2. The van der Waals surface area contributed by atoms with E-state index in [9.17, 15) is 9.59 Å². The Kier molecular flexibility index (Phi) is 4.92. The zero-order valence-corrected chi connectivity index (χ0v) is 8.80. The summed E-state index contributed by atoms with van der Waals surface area (Å²) in [6.07, 6.45) is 1.35. The minimum absolute atomic E-state index is 0.472. The molecule has 0 aliphatic heterocycles. The van der Waals surface area contributed by atoms with Gasteiger partial charge in [0.2, 0.25) is 0 Å². The zero-order valence-electron chi connectivity index (χ0n) is 8.80. The second-order valence-electron chi connectivity index (χ2n) is 3.31. The normalized spacial score (nSPS) is 10.5. The number of aliphatic carboxylic acids is 1. The van der Waals surface area contributed by atoms with Crippen LogP contribution in [0.15, 0.2) is 35.3 Å². The molecule has 1 aromatic rings. The number of carboxylic acids is 1. The minimum Gasteiger partial charge on any atom is -0.481 e. The maximum atomic E-state index is 10.9. The third-order valence-electron chi connectivity index (χ3n) is 1.93. The van der Waals surface area contributed by atoms with E-state index in [1.165, 1.54) is 0 Å². The summed E-state index contributed by atoms with van der Waals surface area (Å²) in [5, 5.41) is 8.34. The molecule has 0 aliphatic carbocycles. The third-order valence-corrected chi connectivity index (χ3v) is 1.93. The highest BCUT2D eigenvalue weighted by molar-refractivity contribution is 6.31. The first-order valence-electron chi connectivity index (χ1n) is 4.97. The van der Waals surface area contributed by atoms with Crippen molar-refractivity contribution in [2.45, 2.75) is 12.8 Å². The van der Waals surface area contributed by atoms with Crippen molar-refractivity contribution >= 4 is 18.0 Å². The average molecular weight is 219 g/mol. The quantitative estimate of drug-likeness (QED) is 0.580. The van der Waals surface area contributed by atoms with E-state index in [-0.39, 0.29) is 0 Å². The van der Waals surface area contributed by atoms with Crippen molar-refractivity contribution in [1.29, 1.82) is 0 Å². The zero-order chi connectivity index (χ0) is 11.8. The van der Waals surface area contributed by atoms with Gasteiger partial charge >= 0.3 is 5.97 Å². The summed E-state index contributed by atoms with van der Waals surface area (Å²) in [6, 6.07) is 9.77. The van der Waals surface area contributed by atoms with E-state index in [4.69, 9.17) is 5.11 Å². The number of Topliss-reactive ketones (excluding diaryl/α,β-unsaturated/α-hetero) is 1. The van der Waals surface area contributed by atoms with Gasteiger partial charge in [-0.25, -0.2) is 0 Å². The predicted octanol–water partition coefficient (Wildman–Crippen LogP) is 1.34. The van der Waals surface area contributed by atoms with E-state index in [0.29, 0.717) is 6.54 Å². The number of carbonyl (C=O) groups is 2. The fraction of sp³-hybridized carbons (Fsp3) is 0.250. The van der Waals surface area contributed by atoms with Crippen LogP contribution < -0.4 is 0 Å². The first kappa shape index (κ1) is 12.1. The Morgan fingerprint density at radius 2 is 1.94 bits per heavy atom. The number of carbonyl (C=O) groups excluding carboxylic acids is 1. The van der Waals surface area contributed by atoms with Crippen molar-refractivity contribution in [2.75, 3.05) is 6.54 Å². The largest absolute Gasteiger partial charge is 0.481 e. The van der Waals surface area contributed by atoms with Crippen molar-refractivity contribution < 1.29 is 14.7 Å². The van der Waals surface area contributed by atoms with E-state index < -0.39 is 18.2 Å². The summed E-state index contributed by atoms with van der Waals surface area (Å²) in [4.78, 5) is 25.0. The van der Waals surface area contributed by atoms with Crippen LogP contribution in [-0.4, -0.2) is 29.6 Å². The SMILES string of the molecule is O=C(O)CC(=O)C=NCCc1ccccc1. The summed E-state index contributed by atoms with van der Waals surface area (Å²) < 4.78 is 0. The van der Waals surface area contributed by atoms with Gasteiger partial charge in [0, 0.05) is 6.54 Å². The van der Waals surface area contributed by atoms with Crippen LogP contribution in [0.2, 0.25) is 0 Å². The second kappa shape index (κ2) is 6.50. The number of aliphatic imine (C=N–C) groups is 1. The van der Waals surface area contributed by atoms with Crippen molar-refractivity contribution in [3.8, 4) is 0 Å². The predicted molar refractivity (Wildman–Crippen MR) is 60.8 cm³/mol. The lowest BCUT2D eigenvalue weighted by molar-refractivity contribution is -0.138. The maximum Gasteiger partial charge on any atom is 0.311 e. The fourth-order valence-corrected chi connectivity index (χ4v) is 1.20. The van der Waals surface area contributed by atoms with Gasteiger partial charge in [-0.1, -0.05) is 30.3 Å². The number of benzene rings is 1. The third kappa shape index (κ3) is 5.05. The topological polar surface area (TPSA) is 66.7 Å². The number of nitrogens with zero attached hydrogens (tertiary/aromatic N) is 1. The number of hydrogen-bond acceptors (Lipinski definition) is 3. The van der Waals surface area contributed by atoms with E-state index in [2.05, 4.69) is 4.99 Å². The van der Waals surface area contributed by atoms with Gasteiger partial charge < -0.3 is 5.11 Å². The molecular formula is C12H13NO3. The Labute approximate surface area is 93.6 Å². The Morgan fingerprint density at radius 1 is 1.25 bits per heavy atom. The van der Waals surface area contributed by atoms with Gasteiger partial charge in [-0.2, -0.15) is 0 Å². The molecule has 0 aliphatic rings. The Bertz CT molecular complexity index is 385. The van der Waals surface area contributed by atoms with Crippen LogP contribution in [-0.2, 0) is 16.0 Å². The second-order valence-corrected chi connectivity index (χ2v) is 3.31. The Balaban J connectivity index is 2.28. The average Bonchev–Trinajstić information content (AvgIpc) is 2.25. The maximum absolute atomic E-state index is 10.9. The highest BCUT2D eigenvalue weighted by Gasteiger charge is 2.03. The van der Waals surface area contributed by atoms with Crippen LogP contribution in [0.4, 0.5) is 0 Å². The van der Waals surface area contributed by atoms with Gasteiger partial charge in [0.05, 0.1) is 6.21 Å². The molecule has 1 N–H and O–H groups in total. The molecule has 4 nitrogen and oxygen atoms in total. The van der Waals surface area contributed by atoms with Crippen molar-refractivity contribution in [3.63, 3.8) is 0 Å². The van der Waals surface area contributed by atoms with Crippen LogP contribution in [0.5, 0.6) is 0 Å². The van der Waals surface area contributed by atoms with Gasteiger partial charge in [-0.3, -0.25) is 14.6 Å². The molecule has 0 fully saturated rings. The highest BCUT2D eigenvalue weighted by atomic mass is 16.4. The molecule has 0 aromatic heterocycles. The lowest BCUT2D eigenvalue weighted by Gasteiger charge is -1.96. The van der Waals surface area contributed by atoms with Gasteiger partial charge in [0.15, 0.2) is 5.78 Å². The standard InChI is InChI=1S/C12H13NO3/c14-11(8-12(15)16)9-13-7-6-10-4-2-1-3-5-10/h1-5,9H,6-8H2,(H,15,16). The molecule has 0 atom stereocenters. The molecule has 0 heterocycles. The highest BCUT2D eigenvalue weighted by Crippen LogP contribution is 1.98. The Hall–Kier alpha value is -1.97. The molecule has 0 radical (unpaired) electrons. The van der Waals surface area contributed by atoms with Crippen molar-refractivity contribution in [1.82, 2.24) is 0 Å². The number of rotatable bonds is 6. The summed E-state index contributed by atoms with van der Waals surface area (Å²) in [7, 11) is 0. The van der Waals surface area contributed by atoms with E-state index in [1.54, 1.807) is 0 Å². The van der Waals surface area contributed by atoms with E-state index in [1.807, 2.05) is 30.3 Å². The van der Waals surface area contributed by atoms with Crippen LogP contribution in [0.1, 0.15) is 12.0 Å². The monoisotopic (exact) mass is 219 g/mol. The minimum atomic E-state index is -1.13. The molecule has 84 valence electrons. The van der Waals surface area contributed by atoms with Crippen molar-refractivity contribution in [2.24, 2.45) is 4.99 Å². The van der Waals surface area contributed by atoms with Gasteiger partial charge in [-0.15, -0.1) is 0 Å². The number of carboxylic acid groups (broad SMARTS) is 1. The summed E-state index contributed by atoms with van der Waals surface area (Å²) in [5.41, 5.74) is 1.14. The van der Waals surface area contributed by atoms with Gasteiger partial charge in [0.1, 0.15) is 6.42 Å². The van der Waals surface area contributed by atoms with Gasteiger partial charge in [-0.05, 0) is 12.0 Å². The molecule has 1 aromatic carbocycles. The summed E-state index contributed by atoms with van der Waals surface area (Å²) >= 11 is 0. The summed E-state index contributed by atoms with van der Waals surface area (Å²) in [6.45, 7) is 0.495. The molecule has 16 heavy (non-hydrogen) atoms. The molecule has 0 bridgehead atoms. The molecule has 4 heteroatoms. The molecular weight excluding hydrogens is 206 g/mol. The molecule has 0 spiro atoms. The Morgan fingerprint density at radius 3 is 2.56 bits per heavy atom. The first-order chi connectivity index (χ1) is 7.68. The number of ketones is 1. The van der Waals surface area contributed by atoms with E-state index >= 15 is 0 Å².